The van der Waals surface area contributed by atoms with Crippen molar-refractivity contribution in [1.29, 1.82) is 0 Å². The predicted molar refractivity (Wildman–Crippen MR) is 91.3 cm³/mol. The summed E-state index contributed by atoms with van der Waals surface area (Å²) < 4.78 is 10.8. The van der Waals surface area contributed by atoms with E-state index in [0.29, 0.717) is 36.3 Å². The summed E-state index contributed by atoms with van der Waals surface area (Å²) in [6, 6.07) is 4.59. The van der Waals surface area contributed by atoms with Gasteiger partial charge in [0.05, 0.1) is 17.3 Å². The number of benzene rings is 1. The maximum Gasteiger partial charge on any atom is 0.319 e. The SMILES string of the molecule is CCOCCOc1c(Cl)cccc1NC(=O)NC(C)C(C)CO. The van der Waals surface area contributed by atoms with Gasteiger partial charge < -0.3 is 25.2 Å². The number of para-hydroxylation sites is 1. The molecule has 0 aliphatic carbocycles. The molecule has 0 saturated heterocycles. The summed E-state index contributed by atoms with van der Waals surface area (Å²) in [6.45, 7) is 6.99. The zero-order chi connectivity index (χ0) is 17.2. The van der Waals surface area contributed by atoms with Gasteiger partial charge in [0.25, 0.3) is 0 Å². The Morgan fingerprint density at radius 2 is 2.09 bits per heavy atom. The van der Waals surface area contributed by atoms with Crippen LogP contribution in [0.3, 0.4) is 0 Å². The van der Waals surface area contributed by atoms with Gasteiger partial charge in [-0.2, -0.15) is 0 Å². The van der Waals surface area contributed by atoms with Crippen molar-refractivity contribution in [3.8, 4) is 5.75 Å². The van der Waals surface area contributed by atoms with Gasteiger partial charge in [-0.05, 0) is 31.9 Å². The zero-order valence-corrected chi connectivity index (χ0v) is 14.5. The van der Waals surface area contributed by atoms with Crippen LogP contribution in [0, 0.1) is 5.92 Å². The van der Waals surface area contributed by atoms with E-state index in [1.54, 1.807) is 18.2 Å². The van der Waals surface area contributed by atoms with Gasteiger partial charge in [-0.1, -0.05) is 24.6 Å². The van der Waals surface area contributed by atoms with E-state index in [1.165, 1.54) is 0 Å². The lowest BCUT2D eigenvalue weighted by Gasteiger charge is -2.20. The molecule has 0 aliphatic rings. The van der Waals surface area contributed by atoms with Crippen LogP contribution in [-0.2, 0) is 4.74 Å². The number of hydrogen-bond acceptors (Lipinski definition) is 4. The van der Waals surface area contributed by atoms with Crippen molar-refractivity contribution in [2.45, 2.75) is 26.8 Å². The molecule has 1 rings (SSSR count). The quantitative estimate of drug-likeness (QED) is 0.602. The summed E-state index contributed by atoms with van der Waals surface area (Å²) in [5, 5.41) is 15.0. The first-order valence-corrected chi connectivity index (χ1v) is 8.04. The van der Waals surface area contributed by atoms with Crippen molar-refractivity contribution in [2.24, 2.45) is 5.92 Å². The van der Waals surface area contributed by atoms with Crippen molar-refractivity contribution in [3.63, 3.8) is 0 Å². The molecule has 130 valence electrons. The number of amides is 2. The minimum absolute atomic E-state index is 0.00437. The molecule has 2 atom stereocenters. The zero-order valence-electron chi connectivity index (χ0n) is 13.8. The molecule has 0 spiro atoms. The van der Waals surface area contributed by atoms with Crippen molar-refractivity contribution in [1.82, 2.24) is 5.32 Å². The number of urea groups is 1. The standard InChI is InChI=1S/C16H25ClN2O4/c1-4-22-8-9-23-15-13(17)6-5-7-14(15)19-16(21)18-12(3)11(2)10-20/h5-7,11-12,20H,4,8-10H2,1-3H3,(H2,18,19,21). The Balaban J connectivity index is 2.68. The number of anilines is 1. The highest BCUT2D eigenvalue weighted by molar-refractivity contribution is 6.32. The first-order valence-electron chi connectivity index (χ1n) is 7.67. The molecule has 6 nitrogen and oxygen atoms in total. The third-order valence-corrected chi connectivity index (χ3v) is 3.69. The lowest BCUT2D eigenvalue weighted by Crippen LogP contribution is -2.40. The van der Waals surface area contributed by atoms with E-state index in [1.807, 2.05) is 20.8 Å². The Morgan fingerprint density at radius 3 is 2.74 bits per heavy atom. The number of ether oxygens (including phenoxy) is 2. The van der Waals surface area contributed by atoms with Gasteiger partial charge in [0, 0.05) is 19.3 Å². The monoisotopic (exact) mass is 344 g/mol. The molecular weight excluding hydrogens is 320 g/mol. The van der Waals surface area contributed by atoms with Crippen LogP contribution >= 0.6 is 11.6 Å². The van der Waals surface area contributed by atoms with E-state index < -0.39 is 0 Å². The summed E-state index contributed by atoms with van der Waals surface area (Å²) in [5.41, 5.74) is 0.482. The van der Waals surface area contributed by atoms with E-state index >= 15 is 0 Å². The minimum Gasteiger partial charge on any atom is -0.487 e. The predicted octanol–water partition coefficient (Wildman–Crippen LogP) is 2.89. The van der Waals surface area contributed by atoms with E-state index in [2.05, 4.69) is 10.6 Å². The highest BCUT2D eigenvalue weighted by Gasteiger charge is 2.16. The van der Waals surface area contributed by atoms with Gasteiger partial charge in [0.1, 0.15) is 6.61 Å². The molecule has 3 N–H and O–H groups in total. The summed E-state index contributed by atoms with van der Waals surface area (Å²) >= 11 is 6.13. The number of halogens is 1. The fourth-order valence-corrected chi connectivity index (χ4v) is 2.00. The number of carbonyl (C=O) groups excluding carboxylic acids is 1. The largest absolute Gasteiger partial charge is 0.487 e. The van der Waals surface area contributed by atoms with Gasteiger partial charge in [0.2, 0.25) is 0 Å². The van der Waals surface area contributed by atoms with Crippen molar-refractivity contribution in [3.05, 3.63) is 23.2 Å². The molecule has 23 heavy (non-hydrogen) atoms. The molecule has 1 aromatic rings. The van der Waals surface area contributed by atoms with Gasteiger partial charge >= 0.3 is 6.03 Å². The molecule has 0 aliphatic heterocycles. The Bertz CT molecular complexity index is 499. The molecule has 0 bridgehead atoms. The van der Waals surface area contributed by atoms with Crippen molar-refractivity contribution < 1.29 is 19.4 Å². The molecule has 7 heteroatoms. The number of rotatable bonds is 9. The fraction of sp³-hybridized carbons (Fsp3) is 0.562. The average molecular weight is 345 g/mol. The Morgan fingerprint density at radius 1 is 1.35 bits per heavy atom. The molecule has 2 unspecified atom stereocenters. The molecule has 0 fully saturated rings. The van der Waals surface area contributed by atoms with Gasteiger partial charge in [-0.3, -0.25) is 0 Å². The maximum atomic E-state index is 12.1. The third kappa shape index (κ3) is 6.64. The molecule has 0 radical (unpaired) electrons. The maximum absolute atomic E-state index is 12.1. The first-order chi connectivity index (χ1) is 11.0. The van der Waals surface area contributed by atoms with Crippen LogP contribution < -0.4 is 15.4 Å². The lowest BCUT2D eigenvalue weighted by molar-refractivity contribution is 0.110. The van der Waals surface area contributed by atoms with Crippen LogP contribution in [-0.4, -0.2) is 43.6 Å². The summed E-state index contributed by atoms with van der Waals surface area (Å²) in [6.07, 6.45) is 0. The third-order valence-electron chi connectivity index (χ3n) is 3.39. The van der Waals surface area contributed by atoms with Gasteiger partial charge in [-0.15, -0.1) is 0 Å². The average Bonchev–Trinajstić information content (AvgIpc) is 2.52. The normalized spacial score (nSPS) is 13.3. The lowest BCUT2D eigenvalue weighted by atomic mass is 10.1. The minimum atomic E-state index is -0.380. The number of nitrogens with one attached hydrogen (secondary N) is 2. The summed E-state index contributed by atoms with van der Waals surface area (Å²) in [5.74, 6) is 0.369. The van der Waals surface area contributed by atoms with E-state index in [-0.39, 0.29) is 24.6 Å². The molecule has 0 heterocycles. The fourth-order valence-electron chi connectivity index (χ4n) is 1.77. The number of aliphatic hydroxyl groups is 1. The Kier molecular flexibility index (Phi) is 8.76. The topological polar surface area (TPSA) is 79.8 Å². The number of aliphatic hydroxyl groups excluding tert-OH is 1. The van der Waals surface area contributed by atoms with Crippen LogP contribution in [0.25, 0.3) is 0 Å². The number of hydrogen-bond donors (Lipinski definition) is 3. The molecular formula is C16H25ClN2O4. The van der Waals surface area contributed by atoms with Crippen LogP contribution in [0.5, 0.6) is 5.75 Å². The first kappa shape index (κ1) is 19.5. The highest BCUT2D eigenvalue weighted by Crippen LogP contribution is 2.32. The van der Waals surface area contributed by atoms with Crippen LogP contribution in [0.2, 0.25) is 5.02 Å². The molecule has 2 amide bonds. The van der Waals surface area contributed by atoms with E-state index in [0.717, 1.165) is 0 Å². The Labute approximate surface area is 142 Å². The van der Waals surface area contributed by atoms with Crippen LogP contribution in [0.4, 0.5) is 10.5 Å². The van der Waals surface area contributed by atoms with Crippen molar-refractivity contribution >= 4 is 23.3 Å². The van der Waals surface area contributed by atoms with E-state index in [4.69, 9.17) is 26.2 Å². The molecule has 0 aromatic heterocycles. The van der Waals surface area contributed by atoms with Gasteiger partial charge in [0.15, 0.2) is 5.75 Å². The van der Waals surface area contributed by atoms with Gasteiger partial charge in [-0.25, -0.2) is 4.79 Å². The van der Waals surface area contributed by atoms with E-state index in [9.17, 15) is 4.79 Å². The molecule has 0 saturated carbocycles. The van der Waals surface area contributed by atoms with Crippen LogP contribution in [0.15, 0.2) is 18.2 Å². The summed E-state index contributed by atoms with van der Waals surface area (Å²) in [4.78, 5) is 12.1. The van der Waals surface area contributed by atoms with Crippen LogP contribution in [0.1, 0.15) is 20.8 Å². The smallest absolute Gasteiger partial charge is 0.319 e. The summed E-state index contributed by atoms with van der Waals surface area (Å²) in [7, 11) is 0. The van der Waals surface area contributed by atoms with Crippen molar-refractivity contribution in [2.75, 3.05) is 31.7 Å². The Hall–Kier alpha value is -1.50. The number of carbonyl (C=O) groups is 1. The second-order valence-corrected chi connectivity index (χ2v) is 5.62. The second kappa shape index (κ2) is 10.3. The second-order valence-electron chi connectivity index (χ2n) is 5.21. The molecule has 1 aromatic carbocycles. The highest BCUT2D eigenvalue weighted by atomic mass is 35.5.